The third kappa shape index (κ3) is 2.66. The van der Waals surface area contributed by atoms with Crippen molar-refractivity contribution >= 4 is 37.3 Å². The first-order chi connectivity index (χ1) is 8.32. The van der Waals surface area contributed by atoms with Gasteiger partial charge >= 0.3 is 0 Å². The zero-order valence-electron chi connectivity index (χ0n) is 10.8. The molecule has 0 bridgehead atoms. The van der Waals surface area contributed by atoms with Crippen LogP contribution in [0.1, 0.15) is 25.1 Å². The van der Waals surface area contributed by atoms with E-state index in [9.17, 15) is 8.42 Å². The van der Waals surface area contributed by atoms with Crippen molar-refractivity contribution in [3.63, 3.8) is 0 Å². The lowest BCUT2D eigenvalue weighted by Gasteiger charge is -2.17. The predicted octanol–water partition coefficient (Wildman–Crippen LogP) is 3.49. The standard InChI is InChI=1S/C12H18BrNO2S2/c1-8(2)10-4-5-14(7-10)18(15,16)11-6-12(13)17-9(11)3/h6,8,10H,4-5,7H2,1-3H3. The second kappa shape index (κ2) is 5.23. The van der Waals surface area contributed by atoms with Crippen LogP contribution in [0.5, 0.6) is 0 Å². The van der Waals surface area contributed by atoms with E-state index in [1.54, 1.807) is 10.4 Å². The molecule has 1 aliphatic rings. The zero-order valence-corrected chi connectivity index (χ0v) is 14.0. The minimum absolute atomic E-state index is 0.462. The van der Waals surface area contributed by atoms with E-state index in [0.717, 1.165) is 15.1 Å². The molecule has 18 heavy (non-hydrogen) atoms. The molecule has 2 heterocycles. The Morgan fingerprint density at radius 1 is 1.50 bits per heavy atom. The third-order valence-corrected chi connectivity index (χ3v) is 7.26. The van der Waals surface area contributed by atoms with Crippen LogP contribution in [0.4, 0.5) is 0 Å². The molecule has 0 N–H and O–H groups in total. The highest BCUT2D eigenvalue weighted by atomic mass is 79.9. The largest absolute Gasteiger partial charge is 0.244 e. The first-order valence-electron chi connectivity index (χ1n) is 6.08. The molecule has 1 fully saturated rings. The van der Waals surface area contributed by atoms with Gasteiger partial charge in [0, 0.05) is 18.0 Å². The SMILES string of the molecule is Cc1sc(Br)cc1S(=O)(=O)N1CCC(C(C)C)C1. The highest BCUT2D eigenvalue weighted by molar-refractivity contribution is 9.11. The van der Waals surface area contributed by atoms with Crippen molar-refractivity contribution in [3.8, 4) is 0 Å². The summed E-state index contributed by atoms with van der Waals surface area (Å²) in [7, 11) is -3.30. The quantitative estimate of drug-likeness (QED) is 0.835. The monoisotopic (exact) mass is 351 g/mol. The second-order valence-corrected chi connectivity index (χ2v) is 9.67. The Balaban J connectivity index is 2.26. The molecule has 1 atom stereocenters. The Hall–Kier alpha value is 0.0900. The molecule has 2 rings (SSSR count). The summed E-state index contributed by atoms with van der Waals surface area (Å²) in [4.78, 5) is 1.32. The van der Waals surface area contributed by atoms with Crippen LogP contribution in [0.15, 0.2) is 14.7 Å². The van der Waals surface area contributed by atoms with Crippen LogP contribution in [0.2, 0.25) is 0 Å². The lowest BCUT2D eigenvalue weighted by Crippen LogP contribution is -2.29. The van der Waals surface area contributed by atoms with Gasteiger partial charge in [0.2, 0.25) is 10.0 Å². The summed E-state index contributed by atoms with van der Waals surface area (Å²) in [6.45, 7) is 7.49. The predicted molar refractivity (Wildman–Crippen MR) is 78.5 cm³/mol. The zero-order chi connectivity index (χ0) is 13.5. The second-order valence-electron chi connectivity index (χ2n) is 5.13. The van der Waals surface area contributed by atoms with Crippen molar-refractivity contribution in [1.29, 1.82) is 0 Å². The van der Waals surface area contributed by atoms with Crippen LogP contribution >= 0.6 is 27.3 Å². The van der Waals surface area contributed by atoms with E-state index in [0.29, 0.717) is 29.8 Å². The maximum absolute atomic E-state index is 12.5. The molecule has 1 aromatic heterocycles. The molecule has 1 aliphatic heterocycles. The van der Waals surface area contributed by atoms with E-state index in [1.807, 2.05) is 6.92 Å². The van der Waals surface area contributed by atoms with Crippen LogP contribution in [0.25, 0.3) is 0 Å². The Bertz CT molecular complexity index is 536. The molecule has 1 aromatic rings. The summed E-state index contributed by atoms with van der Waals surface area (Å²) < 4.78 is 27.6. The summed E-state index contributed by atoms with van der Waals surface area (Å²) in [5.41, 5.74) is 0. The molecule has 1 unspecified atom stereocenters. The fourth-order valence-electron chi connectivity index (χ4n) is 2.34. The summed E-state index contributed by atoms with van der Waals surface area (Å²) in [6.07, 6.45) is 0.973. The first-order valence-corrected chi connectivity index (χ1v) is 9.13. The average molecular weight is 352 g/mol. The van der Waals surface area contributed by atoms with Crippen LogP contribution < -0.4 is 0 Å². The lowest BCUT2D eigenvalue weighted by molar-refractivity contribution is 0.388. The summed E-state index contributed by atoms with van der Waals surface area (Å²) in [5, 5.41) is 0. The average Bonchev–Trinajstić information content (AvgIpc) is 2.85. The smallest absolute Gasteiger partial charge is 0.207 e. The molecule has 0 saturated carbocycles. The Kier molecular flexibility index (Phi) is 4.21. The van der Waals surface area contributed by atoms with E-state index in [4.69, 9.17) is 0 Å². The molecule has 0 aromatic carbocycles. The summed E-state index contributed by atoms with van der Waals surface area (Å²) >= 11 is 4.83. The van der Waals surface area contributed by atoms with Gasteiger partial charge in [-0.2, -0.15) is 4.31 Å². The van der Waals surface area contributed by atoms with Crippen molar-refractivity contribution in [1.82, 2.24) is 4.31 Å². The number of aryl methyl sites for hydroxylation is 1. The molecular weight excluding hydrogens is 334 g/mol. The van der Waals surface area contributed by atoms with E-state index in [-0.39, 0.29) is 0 Å². The Morgan fingerprint density at radius 3 is 2.61 bits per heavy atom. The van der Waals surface area contributed by atoms with Gasteiger partial charge in [-0.05, 0) is 47.2 Å². The van der Waals surface area contributed by atoms with Gasteiger partial charge in [-0.25, -0.2) is 8.42 Å². The fourth-order valence-corrected chi connectivity index (χ4v) is 6.24. The van der Waals surface area contributed by atoms with Crippen molar-refractivity contribution in [2.75, 3.05) is 13.1 Å². The van der Waals surface area contributed by atoms with Gasteiger partial charge in [0.25, 0.3) is 0 Å². The normalized spacial score (nSPS) is 21.9. The van der Waals surface area contributed by atoms with Crippen LogP contribution in [-0.2, 0) is 10.0 Å². The number of halogens is 1. The highest BCUT2D eigenvalue weighted by Crippen LogP contribution is 2.34. The topological polar surface area (TPSA) is 37.4 Å². The lowest BCUT2D eigenvalue weighted by atomic mass is 9.96. The maximum atomic E-state index is 12.5. The Morgan fingerprint density at radius 2 is 2.17 bits per heavy atom. The van der Waals surface area contributed by atoms with Gasteiger partial charge in [0.05, 0.1) is 8.68 Å². The summed E-state index contributed by atoms with van der Waals surface area (Å²) in [6, 6.07) is 1.72. The molecule has 3 nitrogen and oxygen atoms in total. The maximum Gasteiger partial charge on any atom is 0.244 e. The molecule has 0 amide bonds. The molecule has 0 radical (unpaired) electrons. The minimum atomic E-state index is -3.30. The molecule has 0 spiro atoms. The van der Waals surface area contributed by atoms with Crippen molar-refractivity contribution in [2.45, 2.75) is 32.1 Å². The third-order valence-electron chi connectivity index (χ3n) is 3.59. The van der Waals surface area contributed by atoms with E-state index >= 15 is 0 Å². The minimum Gasteiger partial charge on any atom is -0.207 e. The molecular formula is C12H18BrNO2S2. The van der Waals surface area contributed by atoms with E-state index in [2.05, 4.69) is 29.8 Å². The van der Waals surface area contributed by atoms with Gasteiger partial charge in [0.1, 0.15) is 0 Å². The van der Waals surface area contributed by atoms with Gasteiger partial charge in [-0.15, -0.1) is 11.3 Å². The van der Waals surface area contributed by atoms with Gasteiger partial charge < -0.3 is 0 Å². The number of sulfonamides is 1. The van der Waals surface area contributed by atoms with Crippen molar-refractivity contribution < 1.29 is 8.42 Å². The Labute approximate surface area is 121 Å². The molecule has 1 saturated heterocycles. The van der Waals surface area contributed by atoms with Crippen molar-refractivity contribution in [3.05, 3.63) is 14.7 Å². The molecule has 6 heteroatoms. The van der Waals surface area contributed by atoms with E-state index in [1.165, 1.54) is 11.3 Å². The van der Waals surface area contributed by atoms with Gasteiger partial charge in [-0.1, -0.05) is 13.8 Å². The van der Waals surface area contributed by atoms with Crippen molar-refractivity contribution in [2.24, 2.45) is 11.8 Å². The number of thiophene rings is 1. The van der Waals surface area contributed by atoms with Gasteiger partial charge in [-0.3, -0.25) is 0 Å². The number of hydrogen-bond donors (Lipinski definition) is 0. The number of nitrogens with zero attached hydrogens (tertiary/aromatic N) is 1. The van der Waals surface area contributed by atoms with Crippen LogP contribution in [-0.4, -0.2) is 25.8 Å². The summed E-state index contributed by atoms with van der Waals surface area (Å²) in [5.74, 6) is 1.03. The van der Waals surface area contributed by atoms with E-state index < -0.39 is 10.0 Å². The molecule has 0 aliphatic carbocycles. The first kappa shape index (κ1) is 14.5. The number of rotatable bonds is 3. The number of hydrogen-bond acceptors (Lipinski definition) is 3. The van der Waals surface area contributed by atoms with Crippen LogP contribution in [0.3, 0.4) is 0 Å². The van der Waals surface area contributed by atoms with Crippen LogP contribution in [0, 0.1) is 18.8 Å². The van der Waals surface area contributed by atoms with Gasteiger partial charge in [0.15, 0.2) is 0 Å². The highest BCUT2D eigenvalue weighted by Gasteiger charge is 2.35. The fraction of sp³-hybridized carbons (Fsp3) is 0.667. The molecule has 102 valence electrons.